The van der Waals surface area contributed by atoms with Gasteiger partial charge >= 0.3 is 0 Å². The van der Waals surface area contributed by atoms with Gasteiger partial charge in [-0.25, -0.2) is 4.39 Å². The number of carbonyl (C=O) groups is 2. The van der Waals surface area contributed by atoms with Crippen LogP contribution in [0.4, 0.5) is 4.39 Å². The van der Waals surface area contributed by atoms with Crippen molar-refractivity contribution in [2.24, 2.45) is 0 Å². The Labute approximate surface area is 218 Å². The quantitative estimate of drug-likeness (QED) is 0.357. The molecule has 0 spiro atoms. The van der Waals surface area contributed by atoms with Gasteiger partial charge in [-0.05, 0) is 42.2 Å². The second-order valence-corrected chi connectivity index (χ2v) is 8.80. The number of carbonyl (C=O) groups excluding carboxylic acids is 2. The Balaban J connectivity index is 1.90. The van der Waals surface area contributed by atoms with Gasteiger partial charge in [0.15, 0.2) is 11.5 Å². The lowest BCUT2D eigenvalue weighted by Gasteiger charge is -2.32. The molecule has 0 bridgehead atoms. The first-order chi connectivity index (χ1) is 18.0. The molecule has 0 heterocycles. The standard InChI is InChI=1S/C30H35FN2O4/c1-4-18-32-30(35)26(19-22-10-6-5-7-11-22)33(21-24-12-8-9-13-25(24)31)29(34)17-15-23-14-16-27(36-2)28(20-23)37-3/h5-14,16,20,26H,4,15,17-19,21H2,1-3H3,(H,32,35)/t26-/m1/s1. The number of hydrogen-bond donors (Lipinski definition) is 1. The van der Waals surface area contributed by atoms with Crippen LogP contribution in [0.15, 0.2) is 72.8 Å². The number of hydrogen-bond acceptors (Lipinski definition) is 4. The Morgan fingerprint density at radius 1 is 0.919 bits per heavy atom. The average Bonchev–Trinajstić information content (AvgIpc) is 2.93. The van der Waals surface area contributed by atoms with Crippen LogP contribution in [0.1, 0.15) is 36.5 Å². The number of nitrogens with one attached hydrogen (secondary N) is 1. The monoisotopic (exact) mass is 506 g/mol. The fourth-order valence-electron chi connectivity index (χ4n) is 4.16. The molecule has 37 heavy (non-hydrogen) atoms. The summed E-state index contributed by atoms with van der Waals surface area (Å²) in [7, 11) is 3.13. The summed E-state index contributed by atoms with van der Waals surface area (Å²) in [5, 5.41) is 2.93. The van der Waals surface area contributed by atoms with Crippen molar-refractivity contribution in [2.75, 3.05) is 20.8 Å². The molecule has 6 nitrogen and oxygen atoms in total. The highest BCUT2D eigenvalue weighted by Gasteiger charge is 2.30. The summed E-state index contributed by atoms with van der Waals surface area (Å²) in [4.78, 5) is 28.5. The minimum Gasteiger partial charge on any atom is -0.493 e. The summed E-state index contributed by atoms with van der Waals surface area (Å²) in [6.45, 7) is 2.46. The first-order valence-electron chi connectivity index (χ1n) is 12.5. The highest BCUT2D eigenvalue weighted by atomic mass is 19.1. The zero-order valence-corrected chi connectivity index (χ0v) is 21.7. The number of aryl methyl sites for hydroxylation is 1. The van der Waals surface area contributed by atoms with Gasteiger partial charge in [0.2, 0.25) is 11.8 Å². The first-order valence-corrected chi connectivity index (χ1v) is 12.5. The molecule has 3 rings (SSSR count). The van der Waals surface area contributed by atoms with Crippen LogP contribution < -0.4 is 14.8 Å². The van der Waals surface area contributed by atoms with Crippen LogP contribution in [-0.4, -0.2) is 43.5 Å². The van der Waals surface area contributed by atoms with E-state index >= 15 is 0 Å². The fraction of sp³-hybridized carbons (Fsp3) is 0.333. The topological polar surface area (TPSA) is 67.9 Å². The van der Waals surface area contributed by atoms with E-state index in [1.54, 1.807) is 38.5 Å². The molecule has 1 N–H and O–H groups in total. The van der Waals surface area contributed by atoms with E-state index in [9.17, 15) is 14.0 Å². The molecule has 0 radical (unpaired) electrons. The lowest BCUT2D eigenvalue weighted by Crippen LogP contribution is -2.50. The van der Waals surface area contributed by atoms with E-state index in [1.807, 2.05) is 49.4 Å². The molecule has 0 saturated heterocycles. The summed E-state index contributed by atoms with van der Waals surface area (Å²) < 4.78 is 25.3. The molecule has 2 amide bonds. The van der Waals surface area contributed by atoms with Crippen LogP contribution in [0.2, 0.25) is 0 Å². The SMILES string of the molecule is CCCNC(=O)[C@@H](Cc1ccccc1)N(Cc1ccccc1F)C(=O)CCc1ccc(OC)c(OC)c1. The smallest absolute Gasteiger partial charge is 0.243 e. The fourth-order valence-corrected chi connectivity index (χ4v) is 4.16. The summed E-state index contributed by atoms with van der Waals surface area (Å²) in [6.07, 6.45) is 1.68. The normalized spacial score (nSPS) is 11.5. The number of ether oxygens (including phenoxy) is 2. The predicted octanol–water partition coefficient (Wildman–Crippen LogP) is 4.94. The van der Waals surface area contributed by atoms with Crippen LogP contribution in [0.25, 0.3) is 0 Å². The van der Waals surface area contributed by atoms with E-state index < -0.39 is 11.9 Å². The number of benzene rings is 3. The Morgan fingerprint density at radius 3 is 2.30 bits per heavy atom. The van der Waals surface area contributed by atoms with Gasteiger partial charge in [0, 0.05) is 31.5 Å². The Bertz CT molecular complexity index is 1170. The molecule has 0 aromatic heterocycles. The Morgan fingerprint density at radius 2 is 1.62 bits per heavy atom. The Kier molecular flexibility index (Phi) is 10.5. The second kappa shape index (κ2) is 14.0. The van der Waals surface area contributed by atoms with Crippen molar-refractivity contribution < 1.29 is 23.5 Å². The maximum Gasteiger partial charge on any atom is 0.243 e. The van der Waals surface area contributed by atoms with Crippen LogP contribution in [0.3, 0.4) is 0 Å². The van der Waals surface area contributed by atoms with Crippen LogP contribution in [0, 0.1) is 5.82 Å². The van der Waals surface area contributed by atoms with Gasteiger partial charge in [0.25, 0.3) is 0 Å². The lowest BCUT2D eigenvalue weighted by atomic mass is 10.0. The molecule has 0 unspecified atom stereocenters. The predicted molar refractivity (Wildman–Crippen MR) is 142 cm³/mol. The van der Waals surface area contributed by atoms with Gasteiger partial charge in [-0.2, -0.15) is 0 Å². The van der Waals surface area contributed by atoms with Crippen molar-refractivity contribution in [1.29, 1.82) is 0 Å². The molecule has 196 valence electrons. The van der Waals surface area contributed by atoms with E-state index in [-0.39, 0.29) is 24.8 Å². The maximum absolute atomic E-state index is 14.6. The molecular formula is C30H35FN2O4. The maximum atomic E-state index is 14.6. The molecular weight excluding hydrogens is 471 g/mol. The third-order valence-corrected chi connectivity index (χ3v) is 6.19. The number of halogens is 1. The number of methoxy groups -OCH3 is 2. The molecule has 3 aromatic carbocycles. The molecule has 0 saturated carbocycles. The van der Waals surface area contributed by atoms with Crippen LogP contribution >= 0.6 is 0 Å². The third kappa shape index (κ3) is 7.81. The van der Waals surface area contributed by atoms with Gasteiger partial charge < -0.3 is 19.7 Å². The van der Waals surface area contributed by atoms with E-state index in [1.165, 1.54) is 11.0 Å². The molecule has 0 aliphatic heterocycles. The lowest BCUT2D eigenvalue weighted by molar-refractivity contribution is -0.141. The third-order valence-electron chi connectivity index (χ3n) is 6.19. The molecule has 1 atom stereocenters. The van der Waals surface area contributed by atoms with Gasteiger partial charge in [-0.1, -0.05) is 61.5 Å². The highest BCUT2D eigenvalue weighted by molar-refractivity contribution is 5.88. The molecule has 0 fully saturated rings. The van der Waals surface area contributed by atoms with E-state index in [2.05, 4.69) is 5.32 Å². The summed E-state index contributed by atoms with van der Waals surface area (Å²) in [6, 6.07) is 20.6. The minimum absolute atomic E-state index is 0.00547. The molecule has 0 aliphatic carbocycles. The van der Waals surface area contributed by atoms with Crippen LogP contribution in [-0.2, 0) is 29.0 Å². The van der Waals surface area contributed by atoms with Crippen molar-refractivity contribution in [2.45, 2.75) is 45.2 Å². The molecule has 7 heteroatoms. The van der Waals surface area contributed by atoms with E-state index in [0.717, 1.165) is 17.5 Å². The van der Waals surface area contributed by atoms with Gasteiger partial charge in [-0.3, -0.25) is 9.59 Å². The zero-order valence-electron chi connectivity index (χ0n) is 21.7. The number of rotatable bonds is 13. The first kappa shape index (κ1) is 27.7. The summed E-state index contributed by atoms with van der Waals surface area (Å²) in [5.41, 5.74) is 2.18. The summed E-state index contributed by atoms with van der Waals surface area (Å²) >= 11 is 0. The second-order valence-electron chi connectivity index (χ2n) is 8.80. The minimum atomic E-state index is -0.786. The van der Waals surface area contributed by atoms with E-state index in [4.69, 9.17) is 9.47 Å². The highest BCUT2D eigenvalue weighted by Crippen LogP contribution is 2.28. The van der Waals surface area contributed by atoms with Gasteiger partial charge in [0.1, 0.15) is 11.9 Å². The van der Waals surface area contributed by atoms with E-state index in [0.29, 0.717) is 36.4 Å². The van der Waals surface area contributed by atoms with Crippen LogP contribution in [0.5, 0.6) is 11.5 Å². The number of amides is 2. The van der Waals surface area contributed by atoms with Crippen molar-refractivity contribution in [3.63, 3.8) is 0 Å². The summed E-state index contributed by atoms with van der Waals surface area (Å²) in [5.74, 6) is 0.297. The average molecular weight is 507 g/mol. The Hall–Kier alpha value is -3.87. The van der Waals surface area contributed by atoms with Gasteiger partial charge in [-0.15, -0.1) is 0 Å². The largest absolute Gasteiger partial charge is 0.493 e. The van der Waals surface area contributed by atoms with Crippen molar-refractivity contribution >= 4 is 11.8 Å². The molecule has 3 aromatic rings. The van der Waals surface area contributed by atoms with Crippen molar-refractivity contribution in [1.82, 2.24) is 10.2 Å². The molecule has 0 aliphatic rings. The van der Waals surface area contributed by atoms with Gasteiger partial charge in [0.05, 0.1) is 14.2 Å². The van der Waals surface area contributed by atoms with Crippen molar-refractivity contribution in [3.8, 4) is 11.5 Å². The number of nitrogens with zero attached hydrogens (tertiary/aromatic N) is 1. The van der Waals surface area contributed by atoms with Crippen molar-refractivity contribution in [3.05, 3.63) is 95.3 Å². The zero-order chi connectivity index (χ0) is 26.6.